The summed E-state index contributed by atoms with van der Waals surface area (Å²) in [5, 5.41) is 23.2. The van der Waals surface area contributed by atoms with Gasteiger partial charge in [0.15, 0.2) is 6.29 Å². The third-order valence-electron chi connectivity index (χ3n) is 9.66. The van der Waals surface area contributed by atoms with Crippen LogP contribution >= 0.6 is 0 Å². The zero-order valence-electron chi connectivity index (χ0n) is 19.0. The maximum absolute atomic E-state index is 12.7. The lowest BCUT2D eigenvalue weighted by atomic mass is 9.37. The first-order valence-corrected chi connectivity index (χ1v) is 12.0. The highest BCUT2D eigenvalue weighted by molar-refractivity contribution is 5.76. The van der Waals surface area contributed by atoms with E-state index in [9.17, 15) is 19.8 Å². The van der Waals surface area contributed by atoms with Gasteiger partial charge in [0.05, 0.1) is 11.3 Å². The molecule has 5 rings (SSSR count). The normalized spacial score (nSPS) is 52.0. The van der Waals surface area contributed by atoms with Crippen LogP contribution in [0.15, 0.2) is 0 Å². The second-order valence-electron chi connectivity index (χ2n) is 11.5. The summed E-state index contributed by atoms with van der Waals surface area (Å²) in [6.45, 7) is 8.58. The summed E-state index contributed by atoms with van der Waals surface area (Å²) in [6, 6.07) is 0. The Balaban J connectivity index is 1.66. The van der Waals surface area contributed by atoms with E-state index >= 15 is 0 Å². The number of fused-ring (bicyclic) bond motifs is 2. The van der Waals surface area contributed by atoms with Gasteiger partial charge in [0.2, 0.25) is 6.29 Å². The first kappa shape index (κ1) is 21.7. The molecule has 2 aliphatic heterocycles. The predicted octanol–water partition coefficient (Wildman–Crippen LogP) is 2.77. The Hall–Kier alpha value is -1.18. The minimum Gasteiger partial charge on any atom is -0.459 e. The largest absolute Gasteiger partial charge is 0.459 e. The molecule has 174 valence electrons. The minimum absolute atomic E-state index is 0.0407. The van der Waals surface area contributed by atoms with Crippen LogP contribution in [0, 0.1) is 39.9 Å². The van der Waals surface area contributed by atoms with Crippen molar-refractivity contribution in [3.05, 3.63) is 0 Å². The van der Waals surface area contributed by atoms with Crippen LogP contribution in [0.4, 0.5) is 0 Å². The van der Waals surface area contributed by atoms with E-state index in [0.29, 0.717) is 19.3 Å². The molecule has 3 saturated carbocycles. The van der Waals surface area contributed by atoms with Crippen molar-refractivity contribution in [3.8, 4) is 0 Å². The average molecular weight is 437 g/mol. The third kappa shape index (κ3) is 2.63. The second-order valence-corrected chi connectivity index (χ2v) is 11.5. The number of carbonyl (C=O) groups excluding carboxylic acids is 2. The Morgan fingerprint density at radius 2 is 1.94 bits per heavy atom. The molecule has 0 amide bonds. The fourth-order valence-corrected chi connectivity index (χ4v) is 8.82. The van der Waals surface area contributed by atoms with E-state index < -0.39 is 42.0 Å². The number of rotatable bonds is 3. The summed E-state index contributed by atoms with van der Waals surface area (Å²) >= 11 is 0. The van der Waals surface area contributed by atoms with Gasteiger partial charge in [0, 0.05) is 18.3 Å². The van der Waals surface area contributed by atoms with Gasteiger partial charge in [-0.25, -0.2) is 0 Å². The van der Waals surface area contributed by atoms with Crippen molar-refractivity contribution < 1.29 is 34.0 Å². The molecule has 0 aromatic heterocycles. The molecule has 10 atom stereocenters. The van der Waals surface area contributed by atoms with Crippen LogP contribution in [0.25, 0.3) is 0 Å². The number of esters is 2. The van der Waals surface area contributed by atoms with E-state index in [1.54, 1.807) is 0 Å². The van der Waals surface area contributed by atoms with Crippen LogP contribution in [0.5, 0.6) is 0 Å². The Morgan fingerprint density at radius 1 is 1.19 bits per heavy atom. The standard InChI is InChI=1S/C24H36O7/c1-5-7-14(25)29-16-17-22(2,3)10-6-11-23(17,4)13-9-8-12-15-20(30-19(12)27)31-21(28)24(13,15)18(16)26/h12-13,15-18,20-21,26,28H,5-11H2,1-4H3/t12-,13-,15+,16-,17+,18-,20+,21-,23-,24?/m1/s1. The number of carbonyl (C=O) groups is 2. The quantitative estimate of drug-likeness (QED) is 0.656. The molecule has 5 fully saturated rings. The first-order valence-electron chi connectivity index (χ1n) is 12.0. The minimum atomic E-state index is -1.26. The van der Waals surface area contributed by atoms with E-state index in [4.69, 9.17) is 14.2 Å². The van der Waals surface area contributed by atoms with Gasteiger partial charge < -0.3 is 24.4 Å². The van der Waals surface area contributed by atoms with Crippen LogP contribution in [0.2, 0.25) is 0 Å². The van der Waals surface area contributed by atoms with Gasteiger partial charge in [-0.2, -0.15) is 0 Å². The van der Waals surface area contributed by atoms with E-state index in [0.717, 1.165) is 25.7 Å². The zero-order valence-corrected chi connectivity index (χ0v) is 19.0. The molecule has 0 radical (unpaired) electrons. The van der Waals surface area contributed by atoms with Gasteiger partial charge in [-0.3, -0.25) is 9.59 Å². The smallest absolute Gasteiger partial charge is 0.311 e. The van der Waals surface area contributed by atoms with E-state index in [2.05, 4.69) is 20.8 Å². The molecular formula is C24H36O7. The molecule has 0 bridgehead atoms. The molecule has 2 heterocycles. The number of aliphatic hydroxyl groups excluding tert-OH is 2. The van der Waals surface area contributed by atoms with E-state index in [1.807, 2.05) is 6.92 Å². The Labute approximate surface area is 183 Å². The molecule has 31 heavy (non-hydrogen) atoms. The van der Waals surface area contributed by atoms with Gasteiger partial charge in [-0.1, -0.05) is 34.1 Å². The molecule has 5 aliphatic rings. The summed E-state index contributed by atoms with van der Waals surface area (Å²) in [5.41, 5.74) is -1.46. The second kappa shape index (κ2) is 6.91. The number of ether oxygens (including phenoxy) is 3. The average Bonchev–Trinajstić information content (AvgIpc) is 3.15. The molecular weight excluding hydrogens is 400 g/mol. The predicted molar refractivity (Wildman–Crippen MR) is 109 cm³/mol. The van der Waals surface area contributed by atoms with Gasteiger partial charge in [-0.05, 0) is 48.9 Å². The molecule has 3 aliphatic carbocycles. The summed E-state index contributed by atoms with van der Waals surface area (Å²) in [7, 11) is 0. The lowest BCUT2D eigenvalue weighted by molar-refractivity contribution is -0.308. The number of hydrogen-bond donors (Lipinski definition) is 2. The van der Waals surface area contributed by atoms with Gasteiger partial charge in [0.1, 0.15) is 12.2 Å². The van der Waals surface area contributed by atoms with Crippen LogP contribution in [-0.2, 0) is 23.8 Å². The topological polar surface area (TPSA) is 102 Å². The Kier molecular flexibility index (Phi) is 4.83. The van der Waals surface area contributed by atoms with Crippen LogP contribution in [0.1, 0.15) is 72.6 Å². The SMILES string of the molecule is CCCC(=O)O[C@H]1[C@@H](O)C23[C@@H]4[C@@H](OC(=O)[C@@H]4CC[C@@H]2[C@@]2(C)CCCC(C)(C)[C@H]12)O[C@H]3O. The monoisotopic (exact) mass is 436 g/mol. The third-order valence-corrected chi connectivity index (χ3v) is 9.66. The van der Waals surface area contributed by atoms with Crippen LogP contribution in [0.3, 0.4) is 0 Å². The van der Waals surface area contributed by atoms with Gasteiger partial charge in [-0.15, -0.1) is 0 Å². The molecule has 2 N–H and O–H groups in total. The molecule has 1 unspecified atom stereocenters. The van der Waals surface area contributed by atoms with Crippen molar-refractivity contribution in [3.63, 3.8) is 0 Å². The molecule has 7 heteroatoms. The molecule has 7 nitrogen and oxygen atoms in total. The van der Waals surface area contributed by atoms with Gasteiger partial charge in [0.25, 0.3) is 0 Å². The summed E-state index contributed by atoms with van der Waals surface area (Å²) in [5.74, 6) is -1.52. The van der Waals surface area contributed by atoms with Gasteiger partial charge >= 0.3 is 11.9 Å². The molecule has 0 aromatic rings. The lowest BCUT2D eigenvalue weighted by Crippen LogP contribution is -2.73. The Morgan fingerprint density at radius 3 is 2.65 bits per heavy atom. The maximum atomic E-state index is 12.7. The van der Waals surface area contributed by atoms with Crippen LogP contribution < -0.4 is 0 Å². The Bertz CT molecular complexity index is 780. The van der Waals surface area contributed by atoms with E-state index in [1.165, 1.54) is 0 Å². The number of hydrogen-bond acceptors (Lipinski definition) is 7. The molecule has 0 aromatic carbocycles. The van der Waals surface area contributed by atoms with Crippen molar-refractivity contribution in [1.82, 2.24) is 0 Å². The maximum Gasteiger partial charge on any atom is 0.311 e. The highest BCUT2D eigenvalue weighted by Gasteiger charge is 2.79. The summed E-state index contributed by atoms with van der Waals surface area (Å²) in [6.07, 6.45) is 1.38. The highest BCUT2D eigenvalue weighted by atomic mass is 16.8. The first-order chi connectivity index (χ1) is 14.6. The highest BCUT2D eigenvalue weighted by Crippen LogP contribution is 2.73. The summed E-state index contributed by atoms with van der Waals surface area (Å²) in [4.78, 5) is 25.2. The zero-order chi connectivity index (χ0) is 22.3. The number of aliphatic hydroxyl groups is 2. The lowest BCUT2D eigenvalue weighted by Gasteiger charge is -2.68. The van der Waals surface area contributed by atoms with Crippen molar-refractivity contribution in [2.45, 2.75) is 97.4 Å². The van der Waals surface area contributed by atoms with E-state index in [-0.39, 0.29) is 34.6 Å². The molecule has 1 spiro atoms. The molecule has 2 saturated heterocycles. The fourth-order valence-electron chi connectivity index (χ4n) is 8.82. The summed E-state index contributed by atoms with van der Waals surface area (Å²) < 4.78 is 17.3. The van der Waals surface area contributed by atoms with Crippen molar-refractivity contribution in [1.29, 1.82) is 0 Å². The van der Waals surface area contributed by atoms with Crippen molar-refractivity contribution >= 4 is 11.9 Å². The van der Waals surface area contributed by atoms with Crippen molar-refractivity contribution in [2.75, 3.05) is 0 Å². The fraction of sp³-hybridized carbons (Fsp3) is 0.917. The van der Waals surface area contributed by atoms with Crippen molar-refractivity contribution in [2.24, 2.45) is 39.9 Å². The van der Waals surface area contributed by atoms with Crippen LogP contribution in [-0.4, -0.2) is 46.9 Å².